The molecule has 1 nitrogen and oxygen atoms in total. The van der Waals surface area contributed by atoms with E-state index in [2.05, 4.69) is 28.6 Å². The van der Waals surface area contributed by atoms with Gasteiger partial charge in [0.05, 0.1) is 6.61 Å². The Hall–Kier alpha value is -0.760. The average molecular weight is 281 g/mol. The van der Waals surface area contributed by atoms with Crippen LogP contribution in [0.1, 0.15) is 18.4 Å². The van der Waals surface area contributed by atoms with Crippen LogP contribution in [-0.4, -0.2) is 11.9 Å². The molecule has 0 bridgehead atoms. The summed E-state index contributed by atoms with van der Waals surface area (Å²) in [6.45, 7) is 4.60. The fraction of sp³-hybridized carbons (Fsp3) is 0.429. The Labute approximate surface area is 106 Å². The standard InChI is InChI=1S/C14H17BrO/c1-2-5-12-6-3-4-7-13(12)16-11-14(10-15)8-9-14/h2-4,6-7H,1,5,8-11H2. The zero-order valence-electron chi connectivity index (χ0n) is 9.42. The Morgan fingerprint density at radius 1 is 1.38 bits per heavy atom. The highest BCUT2D eigenvalue weighted by molar-refractivity contribution is 9.09. The molecule has 16 heavy (non-hydrogen) atoms. The van der Waals surface area contributed by atoms with Crippen molar-refractivity contribution in [2.75, 3.05) is 11.9 Å². The number of para-hydroxylation sites is 1. The fourth-order valence-electron chi connectivity index (χ4n) is 1.69. The van der Waals surface area contributed by atoms with Gasteiger partial charge in [-0.1, -0.05) is 40.2 Å². The maximum Gasteiger partial charge on any atom is 0.122 e. The van der Waals surface area contributed by atoms with Crippen LogP contribution in [0.15, 0.2) is 36.9 Å². The normalized spacial score (nSPS) is 16.8. The molecule has 0 N–H and O–H groups in total. The summed E-state index contributed by atoms with van der Waals surface area (Å²) in [6.07, 6.45) is 5.35. The second-order valence-corrected chi connectivity index (χ2v) is 5.08. The molecule has 1 aliphatic carbocycles. The molecular formula is C14H17BrO. The smallest absolute Gasteiger partial charge is 0.122 e. The van der Waals surface area contributed by atoms with E-state index in [-0.39, 0.29) is 0 Å². The van der Waals surface area contributed by atoms with Crippen LogP contribution < -0.4 is 4.74 Å². The molecule has 0 aromatic heterocycles. The van der Waals surface area contributed by atoms with Gasteiger partial charge in [-0.25, -0.2) is 0 Å². The Morgan fingerprint density at radius 3 is 2.75 bits per heavy atom. The summed E-state index contributed by atoms with van der Waals surface area (Å²) in [5, 5.41) is 1.05. The first-order chi connectivity index (χ1) is 7.79. The maximum atomic E-state index is 5.93. The van der Waals surface area contributed by atoms with Crippen molar-refractivity contribution < 1.29 is 4.74 Å². The van der Waals surface area contributed by atoms with E-state index in [1.165, 1.54) is 18.4 Å². The third kappa shape index (κ3) is 2.67. The van der Waals surface area contributed by atoms with Crippen LogP contribution in [0, 0.1) is 5.41 Å². The van der Waals surface area contributed by atoms with E-state index in [0.29, 0.717) is 5.41 Å². The number of hydrogen-bond acceptors (Lipinski definition) is 1. The first-order valence-corrected chi connectivity index (χ1v) is 6.79. The number of ether oxygens (including phenoxy) is 1. The number of halogens is 1. The number of hydrogen-bond donors (Lipinski definition) is 0. The molecule has 1 aliphatic rings. The molecule has 1 fully saturated rings. The van der Waals surface area contributed by atoms with Crippen LogP contribution in [-0.2, 0) is 6.42 Å². The quantitative estimate of drug-likeness (QED) is 0.566. The molecule has 2 heteroatoms. The van der Waals surface area contributed by atoms with E-state index in [4.69, 9.17) is 4.74 Å². The molecule has 0 aliphatic heterocycles. The van der Waals surface area contributed by atoms with E-state index in [1.807, 2.05) is 24.3 Å². The van der Waals surface area contributed by atoms with Gasteiger partial charge in [0.1, 0.15) is 5.75 Å². The largest absolute Gasteiger partial charge is 0.493 e. The summed E-state index contributed by atoms with van der Waals surface area (Å²) < 4.78 is 5.93. The van der Waals surface area contributed by atoms with Gasteiger partial charge in [-0.3, -0.25) is 0 Å². The molecule has 0 heterocycles. The summed E-state index contributed by atoms with van der Waals surface area (Å²) in [4.78, 5) is 0. The summed E-state index contributed by atoms with van der Waals surface area (Å²) in [6, 6.07) is 8.21. The third-order valence-corrected chi connectivity index (χ3v) is 4.30. The van der Waals surface area contributed by atoms with Crippen LogP contribution in [0.25, 0.3) is 0 Å². The molecule has 0 atom stereocenters. The molecule has 0 spiro atoms. The minimum atomic E-state index is 0.404. The van der Waals surface area contributed by atoms with Crippen molar-refractivity contribution in [3.05, 3.63) is 42.5 Å². The molecule has 1 aromatic carbocycles. The zero-order valence-corrected chi connectivity index (χ0v) is 11.0. The van der Waals surface area contributed by atoms with Gasteiger partial charge in [-0.15, -0.1) is 6.58 Å². The highest BCUT2D eigenvalue weighted by atomic mass is 79.9. The monoisotopic (exact) mass is 280 g/mol. The molecular weight excluding hydrogens is 264 g/mol. The van der Waals surface area contributed by atoms with Crippen LogP contribution in [0.2, 0.25) is 0 Å². The third-order valence-electron chi connectivity index (χ3n) is 3.11. The highest BCUT2D eigenvalue weighted by Gasteiger charge is 2.42. The van der Waals surface area contributed by atoms with Crippen molar-refractivity contribution >= 4 is 15.9 Å². The molecule has 0 unspecified atom stereocenters. The van der Waals surface area contributed by atoms with E-state index in [1.54, 1.807) is 0 Å². The zero-order chi connectivity index (χ0) is 11.4. The number of benzene rings is 1. The summed E-state index contributed by atoms with van der Waals surface area (Å²) in [5.74, 6) is 1.01. The Kier molecular flexibility index (Phi) is 3.70. The Bertz CT molecular complexity index is 369. The van der Waals surface area contributed by atoms with Crippen molar-refractivity contribution in [2.24, 2.45) is 5.41 Å². The van der Waals surface area contributed by atoms with E-state index in [0.717, 1.165) is 24.1 Å². The molecule has 2 rings (SSSR count). The van der Waals surface area contributed by atoms with Crippen molar-refractivity contribution in [2.45, 2.75) is 19.3 Å². The van der Waals surface area contributed by atoms with Gasteiger partial charge >= 0.3 is 0 Å². The lowest BCUT2D eigenvalue weighted by atomic mass is 10.1. The second kappa shape index (κ2) is 5.05. The van der Waals surface area contributed by atoms with Crippen molar-refractivity contribution in [3.63, 3.8) is 0 Å². The van der Waals surface area contributed by atoms with Crippen LogP contribution in [0.4, 0.5) is 0 Å². The van der Waals surface area contributed by atoms with E-state index >= 15 is 0 Å². The molecule has 86 valence electrons. The molecule has 1 aromatic rings. The lowest BCUT2D eigenvalue weighted by Crippen LogP contribution is -2.14. The van der Waals surface area contributed by atoms with Gasteiger partial charge in [0.2, 0.25) is 0 Å². The van der Waals surface area contributed by atoms with Gasteiger partial charge < -0.3 is 4.74 Å². The number of alkyl halides is 1. The van der Waals surface area contributed by atoms with Crippen LogP contribution in [0.3, 0.4) is 0 Å². The van der Waals surface area contributed by atoms with Gasteiger partial charge in [-0.2, -0.15) is 0 Å². The Morgan fingerprint density at radius 2 is 2.12 bits per heavy atom. The van der Waals surface area contributed by atoms with Gasteiger partial charge in [0.25, 0.3) is 0 Å². The van der Waals surface area contributed by atoms with Gasteiger partial charge in [-0.05, 0) is 30.9 Å². The summed E-state index contributed by atoms with van der Waals surface area (Å²) in [5.41, 5.74) is 1.63. The van der Waals surface area contributed by atoms with E-state index < -0.39 is 0 Å². The topological polar surface area (TPSA) is 9.23 Å². The average Bonchev–Trinajstić information content (AvgIpc) is 3.09. The lowest BCUT2D eigenvalue weighted by molar-refractivity contribution is 0.249. The predicted octanol–water partition coefficient (Wildman–Crippen LogP) is 3.97. The Balaban J connectivity index is 2.00. The summed E-state index contributed by atoms with van der Waals surface area (Å²) in [7, 11) is 0. The minimum Gasteiger partial charge on any atom is -0.493 e. The minimum absolute atomic E-state index is 0.404. The predicted molar refractivity (Wildman–Crippen MR) is 71.3 cm³/mol. The second-order valence-electron chi connectivity index (χ2n) is 4.52. The van der Waals surface area contributed by atoms with Gasteiger partial charge in [0.15, 0.2) is 0 Å². The molecule has 1 saturated carbocycles. The molecule has 0 saturated heterocycles. The van der Waals surface area contributed by atoms with Crippen molar-refractivity contribution in [3.8, 4) is 5.75 Å². The highest BCUT2D eigenvalue weighted by Crippen LogP contribution is 2.47. The first-order valence-electron chi connectivity index (χ1n) is 5.67. The van der Waals surface area contributed by atoms with Crippen LogP contribution >= 0.6 is 15.9 Å². The molecule has 0 radical (unpaired) electrons. The van der Waals surface area contributed by atoms with Crippen LogP contribution in [0.5, 0.6) is 5.75 Å². The lowest BCUT2D eigenvalue weighted by Gasteiger charge is -2.15. The maximum absolute atomic E-state index is 5.93. The van der Waals surface area contributed by atoms with Crippen molar-refractivity contribution in [1.82, 2.24) is 0 Å². The molecule has 0 amide bonds. The number of allylic oxidation sites excluding steroid dienone is 1. The SMILES string of the molecule is C=CCc1ccccc1OCC1(CBr)CC1. The van der Waals surface area contributed by atoms with Gasteiger partial charge in [0, 0.05) is 10.7 Å². The fourth-order valence-corrected chi connectivity index (χ4v) is 2.42. The van der Waals surface area contributed by atoms with Crippen molar-refractivity contribution in [1.29, 1.82) is 0 Å². The summed E-state index contributed by atoms with van der Waals surface area (Å²) >= 11 is 3.56. The van der Waals surface area contributed by atoms with E-state index in [9.17, 15) is 0 Å². The number of rotatable bonds is 6. The first kappa shape index (κ1) is 11.7.